The number of rotatable bonds is 5. The minimum atomic E-state index is -0.749. The number of carbonyl (C=O) groups excluding carboxylic acids is 3. The standard InChI is InChI=1S/C29H32N4O4/c30-14-19(12-18-7-9-31-26(18)34)32-27(35)25-24-17-6-5-16(11-17)20(24)15-33(25)28(36)22-13-29(22)8-10-37-23-4-2-1-3-21(23)29/h1-6,16-20,22,24-25H,7-13,15H2,(H,31,34)(H,32,35)/t16-,17+,18?,19?,20?,22+,24+,25?,29+/m1/s1. The van der Waals surface area contributed by atoms with Crippen LogP contribution in [0.25, 0.3) is 0 Å². The summed E-state index contributed by atoms with van der Waals surface area (Å²) in [6.07, 6.45) is 8.10. The molecule has 4 fully saturated rings. The predicted molar refractivity (Wildman–Crippen MR) is 133 cm³/mol. The summed E-state index contributed by atoms with van der Waals surface area (Å²) < 4.78 is 5.87. The number of fused-ring (bicyclic) bond motifs is 7. The normalized spacial score (nSPS) is 38.9. The summed E-state index contributed by atoms with van der Waals surface area (Å²) in [7, 11) is 0. The van der Waals surface area contributed by atoms with Crippen LogP contribution in [0.3, 0.4) is 0 Å². The third-order valence-electron chi connectivity index (χ3n) is 10.1. The fourth-order valence-corrected chi connectivity index (χ4v) is 8.22. The Hall–Kier alpha value is -3.34. The summed E-state index contributed by atoms with van der Waals surface area (Å²) >= 11 is 0. The van der Waals surface area contributed by atoms with Crippen molar-refractivity contribution in [3.63, 3.8) is 0 Å². The van der Waals surface area contributed by atoms with E-state index in [-0.39, 0.29) is 46.8 Å². The van der Waals surface area contributed by atoms with Gasteiger partial charge in [0.1, 0.15) is 17.8 Å². The summed E-state index contributed by atoms with van der Waals surface area (Å²) in [6, 6.07) is 8.88. The molecule has 8 heteroatoms. The van der Waals surface area contributed by atoms with Crippen LogP contribution in [0.1, 0.15) is 37.7 Å². The molecule has 2 saturated carbocycles. The maximum atomic E-state index is 14.1. The molecular weight excluding hydrogens is 468 g/mol. The van der Waals surface area contributed by atoms with E-state index in [2.05, 4.69) is 34.9 Å². The van der Waals surface area contributed by atoms with E-state index in [0.29, 0.717) is 44.4 Å². The van der Waals surface area contributed by atoms with E-state index in [0.717, 1.165) is 30.6 Å². The van der Waals surface area contributed by atoms with Gasteiger partial charge in [-0.3, -0.25) is 14.4 Å². The summed E-state index contributed by atoms with van der Waals surface area (Å²) in [5, 5.41) is 15.5. The molecule has 2 saturated heterocycles. The first-order chi connectivity index (χ1) is 18.0. The highest BCUT2D eigenvalue weighted by atomic mass is 16.5. The lowest BCUT2D eigenvalue weighted by Crippen LogP contribution is -2.52. The molecule has 8 nitrogen and oxygen atoms in total. The first kappa shape index (κ1) is 22.8. The number of allylic oxidation sites excluding steroid dienone is 2. The lowest BCUT2D eigenvalue weighted by molar-refractivity contribution is -0.141. The minimum Gasteiger partial charge on any atom is -0.493 e. The van der Waals surface area contributed by atoms with Crippen LogP contribution in [0.5, 0.6) is 5.75 Å². The Bertz CT molecular complexity index is 1240. The molecule has 1 spiro atoms. The maximum Gasteiger partial charge on any atom is 0.244 e. The molecule has 1 aromatic rings. The Labute approximate surface area is 216 Å². The first-order valence-electron chi connectivity index (χ1n) is 13.7. The van der Waals surface area contributed by atoms with Gasteiger partial charge in [-0.05, 0) is 61.8 Å². The van der Waals surface area contributed by atoms with Crippen molar-refractivity contribution >= 4 is 17.7 Å². The van der Waals surface area contributed by atoms with Crippen molar-refractivity contribution in [1.82, 2.24) is 15.5 Å². The van der Waals surface area contributed by atoms with Gasteiger partial charge in [-0.15, -0.1) is 0 Å². The molecule has 6 aliphatic rings. The predicted octanol–water partition coefficient (Wildman–Crippen LogP) is 1.91. The Balaban J connectivity index is 1.13. The van der Waals surface area contributed by atoms with Gasteiger partial charge in [0.15, 0.2) is 0 Å². The van der Waals surface area contributed by atoms with Crippen molar-refractivity contribution in [2.75, 3.05) is 19.7 Å². The van der Waals surface area contributed by atoms with Gasteiger partial charge in [0.2, 0.25) is 17.7 Å². The first-order valence-corrected chi connectivity index (χ1v) is 13.7. The number of nitrogens with zero attached hydrogens (tertiary/aromatic N) is 2. The van der Waals surface area contributed by atoms with Crippen molar-refractivity contribution in [1.29, 1.82) is 5.26 Å². The van der Waals surface area contributed by atoms with E-state index in [1.807, 2.05) is 23.1 Å². The van der Waals surface area contributed by atoms with Crippen molar-refractivity contribution < 1.29 is 19.1 Å². The van der Waals surface area contributed by atoms with E-state index >= 15 is 0 Å². The average molecular weight is 501 g/mol. The monoisotopic (exact) mass is 500 g/mol. The molecule has 7 rings (SSSR count). The fourth-order valence-electron chi connectivity index (χ4n) is 8.22. The summed E-state index contributed by atoms with van der Waals surface area (Å²) in [5.74, 6) is 1.31. The zero-order valence-corrected chi connectivity index (χ0v) is 20.8. The van der Waals surface area contributed by atoms with E-state index in [1.54, 1.807) is 0 Å². The molecule has 0 aromatic heterocycles. The topological polar surface area (TPSA) is 112 Å². The molecule has 9 atom stereocenters. The number of nitriles is 1. The summed E-state index contributed by atoms with van der Waals surface area (Å²) in [6.45, 7) is 1.81. The molecule has 1 aromatic carbocycles. The van der Waals surface area contributed by atoms with Crippen molar-refractivity contribution in [3.05, 3.63) is 42.0 Å². The lowest BCUT2D eigenvalue weighted by atomic mass is 9.81. The SMILES string of the molecule is N#CC(CC1CCNC1=O)NC(=O)C1[C@@H]2C(CN1C(=O)[C@@H]1C[C@]13CCOc1ccccc13)[C@@H]1C=C[C@H]2C1. The second-order valence-electron chi connectivity index (χ2n) is 11.8. The minimum absolute atomic E-state index is 0.0544. The zero-order valence-electron chi connectivity index (χ0n) is 20.8. The van der Waals surface area contributed by atoms with Gasteiger partial charge in [0.25, 0.3) is 0 Å². The van der Waals surface area contributed by atoms with E-state index < -0.39 is 12.1 Å². The molecule has 2 bridgehead atoms. The highest BCUT2D eigenvalue weighted by Gasteiger charge is 2.65. The van der Waals surface area contributed by atoms with Crippen LogP contribution in [-0.2, 0) is 19.8 Å². The van der Waals surface area contributed by atoms with Crippen molar-refractivity contribution in [2.45, 2.75) is 49.6 Å². The van der Waals surface area contributed by atoms with Crippen LogP contribution < -0.4 is 15.4 Å². The Morgan fingerprint density at radius 1 is 1.27 bits per heavy atom. The van der Waals surface area contributed by atoms with Gasteiger partial charge in [-0.2, -0.15) is 5.26 Å². The van der Waals surface area contributed by atoms with E-state index in [1.165, 1.54) is 0 Å². The van der Waals surface area contributed by atoms with Crippen molar-refractivity contribution in [3.8, 4) is 11.8 Å². The van der Waals surface area contributed by atoms with Gasteiger partial charge in [0, 0.05) is 35.9 Å². The van der Waals surface area contributed by atoms with Crippen molar-refractivity contribution in [2.24, 2.45) is 35.5 Å². The molecule has 37 heavy (non-hydrogen) atoms. The second-order valence-corrected chi connectivity index (χ2v) is 11.8. The van der Waals surface area contributed by atoms with Gasteiger partial charge >= 0.3 is 0 Å². The Kier molecular flexibility index (Phi) is 5.14. The van der Waals surface area contributed by atoms with Crippen LogP contribution >= 0.6 is 0 Å². The Morgan fingerprint density at radius 3 is 2.92 bits per heavy atom. The van der Waals surface area contributed by atoms with Crippen LogP contribution in [0, 0.1) is 46.8 Å². The molecule has 3 amide bonds. The molecule has 4 unspecified atom stereocenters. The second kappa shape index (κ2) is 8.34. The molecule has 3 aliphatic carbocycles. The average Bonchev–Trinajstić information content (AvgIpc) is 3.37. The molecule has 0 radical (unpaired) electrons. The number of amides is 3. The fraction of sp³-hybridized carbons (Fsp3) is 0.586. The molecule has 3 aliphatic heterocycles. The molecule has 192 valence electrons. The Morgan fingerprint density at radius 2 is 2.11 bits per heavy atom. The number of carbonyl (C=O) groups is 3. The van der Waals surface area contributed by atoms with Gasteiger partial charge < -0.3 is 20.3 Å². The number of benzene rings is 1. The summed E-state index contributed by atoms with van der Waals surface area (Å²) in [5.41, 5.74) is 0.911. The van der Waals surface area contributed by atoms with Crippen LogP contribution in [0.2, 0.25) is 0 Å². The number of likely N-dealkylation sites (tertiary alicyclic amines) is 1. The highest BCUT2D eigenvalue weighted by Crippen LogP contribution is 2.62. The number of nitrogens with one attached hydrogen (secondary N) is 2. The number of hydrogen-bond acceptors (Lipinski definition) is 5. The van der Waals surface area contributed by atoms with Crippen LogP contribution in [0.15, 0.2) is 36.4 Å². The number of ether oxygens (including phenoxy) is 1. The number of para-hydroxylation sites is 1. The third-order valence-corrected chi connectivity index (χ3v) is 10.1. The van der Waals surface area contributed by atoms with Gasteiger partial charge in [0.05, 0.1) is 12.7 Å². The zero-order chi connectivity index (χ0) is 25.3. The maximum absolute atomic E-state index is 14.1. The molecular formula is C29H32N4O4. The summed E-state index contributed by atoms with van der Waals surface area (Å²) in [4.78, 5) is 41.8. The quantitative estimate of drug-likeness (QED) is 0.600. The van der Waals surface area contributed by atoms with Crippen LogP contribution in [-0.4, -0.2) is 54.4 Å². The van der Waals surface area contributed by atoms with Gasteiger partial charge in [-0.25, -0.2) is 0 Å². The highest BCUT2D eigenvalue weighted by molar-refractivity contribution is 5.92. The van der Waals surface area contributed by atoms with Crippen LogP contribution in [0.4, 0.5) is 0 Å². The van der Waals surface area contributed by atoms with E-state index in [4.69, 9.17) is 4.74 Å². The number of hydrogen-bond donors (Lipinski definition) is 2. The molecule has 3 heterocycles. The smallest absolute Gasteiger partial charge is 0.244 e. The molecule has 2 N–H and O–H groups in total. The lowest BCUT2D eigenvalue weighted by Gasteiger charge is -2.32. The third kappa shape index (κ3) is 3.43. The van der Waals surface area contributed by atoms with E-state index in [9.17, 15) is 19.6 Å². The van der Waals surface area contributed by atoms with Gasteiger partial charge in [-0.1, -0.05) is 30.4 Å². The largest absolute Gasteiger partial charge is 0.493 e.